The maximum atomic E-state index is 11.5. The molecule has 1 aromatic rings. The van der Waals surface area contributed by atoms with E-state index in [1.807, 2.05) is 0 Å². The van der Waals surface area contributed by atoms with Crippen LogP contribution in [0.4, 0.5) is 5.82 Å². The number of aliphatic hydroxyl groups is 2. The lowest BCUT2D eigenvalue weighted by molar-refractivity contribution is -0.122. The van der Waals surface area contributed by atoms with E-state index in [1.54, 1.807) is 0 Å². The average molecular weight is 323 g/mol. The molecule has 0 saturated heterocycles. The van der Waals surface area contributed by atoms with Gasteiger partial charge in [0.05, 0.1) is 6.54 Å². The maximum Gasteiger partial charge on any atom is 0.472 e. The fraction of sp³-hybridized carbons (Fsp3) is 0.444. The molecule has 1 heterocycles. The van der Waals surface area contributed by atoms with E-state index in [2.05, 4.69) is 14.0 Å². The van der Waals surface area contributed by atoms with Crippen molar-refractivity contribution < 1.29 is 33.5 Å². The minimum atomic E-state index is -4.59. The van der Waals surface area contributed by atoms with Crippen molar-refractivity contribution in [3.8, 4) is 0 Å². The summed E-state index contributed by atoms with van der Waals surface area (Å²) in [6.07, 6.45) is -0.719. The highest BCUT2D eigenvalue weighted by Crippen LogP contribution is 2.42. The van der Waals surface area contributed by atoms with Crippen molar-refractivity contribution in [1.29, 1.82) is 0 Å². The second kappa shape index (κ2) is 7.41. The zero-order valence-corrected chi connectivity index (χ0v) is 11.5. The van der Waals surface area contributed by atoms with Crippen molar-refractivity contribution in [2.45, 2.75) is 12.8 Å². The van der Waals surface area contributed by atoms with Gasteiger partial charge in [-0.1, -0.05) is 0 Å². The van der Waals surface area contributed by atoms with Gasteiger partial charge in [-0.15, -0.1) is 0 Å². The number of hydrogen-bond donors (Lipinski definition) is 4. The first-order valence-corrected chi connectivity index (χ1v) is 7.02. The third-order valence-electron chi connectivity index (χ3n) is 2.02. The molecule has 0 saturated carbocycles. The van der Waals surface area contributed by atoms with Crippen molar-refractivity contribution in [2.24, 2.45) is 0 Å². The summed E-state index contributed by atoms with van der Waals surface area (Å²) in [5, 5.41) is 16.9. The van der Waals surface area contributed by atoms with Crippen LogP contribution in [0, 0.1) is 0 Å². The monoisotopic (exact) mass is 323 g/mol. The van der Waals surface area contributed by atoms with Crippen LogP contribution in [0.15, 0.2) is 17.1 Å². The number of nitrogens with two attached hydrogens (primary N) is 1. The SMILES string of the molecule is Nc1ccn(CC(=O)COP(=O)(O)OCC(O)O)c(=O)n1. The lowest BCUT2D eigenvalue weighted by Crippen LogP contribution is -2.28. The van der Waals surface area contributed by atoms with Gasteiger partial charge in [-0.2, -0.15) is 4.98 Å². The van der Waals surface area contributed by atoms with Gasteiger partial charge in [0.25, 0.3) is 0 Å². The molecular weight excluding hydrogens is 309 g/mol. The zero-order chi connectivity index (χ0) is 16.0. The number of nitrogen functional groups attached to an aromatic ring is 1. The molecule has 1 atom stereocenters. The van der Waals surface area contributed by atoms with Crippen LogP contribution in [-0.2, 0) is 25.0 Å². The van der Waals surface area contributed by atoms with Crippen molar-refractivity contribution >= 4 is 19.4 Å². The number of rotatable bonds is 8. The summed E-state index contributed by atoms with van der Waals surface area (Å²) in [5.41, 5.74) is 4.52. The molecule has 1 unspecified atom stereocenters. The van der Waals surface area contributed by atoms with E-state index < -0.39 is 45.3 Å². The number of hydrogen-bond acceptors (Lipinski definition) is 9. The van der Waals surface area contributed by atoms with Crippen molar-refractivity contribution in [3.63, 3.8) is 0 Å². The summed E-state index contributed by atoms with van der Waals surface area (Å²) < 4.78 is 20.7. The largest absolute Gasteiger partial charge is 0.472 e. The fourth-order valence-electron chi connectivity index (χ4n) is 1.15. The topological polar surface area (TPSA) is 174 Å². The van der Waals surface area contributed by atoms with Crippen molar-refractivity contribution in [2.75, 3.05) is 18.9 Å². The van der Waals surface area contributed by atoms with Crippen LogP contribution in [0.1, 0.15) is 0 Å². The number of phosphoric ester groups is 1. The smallest absolute Gasteiger partial charge is 0.383 e. The average Bonchev–Trinajstić information content (AvgIpc) is 2.38. The standard InChI is InChI=1S/C9H14N3O8P/c10-7-1-2-12(9(16)11-7)3-6(13)4-19-21(17,18)20-5-8(14)15/h1-2,8,14-15H,3-5H2,(H,17,18)(H2,10,11,16). The Hall–Kier alpha value is -1.62. The predicted octanol–water partition coefficient (Wildman–Crippen LogP) is -2.16. The molecule has 0 spiro atoms. The molecule has 118 valence electrons. The summed E-state index contributed by atoms with van der Waals surface area (Å²) >= 11 is 0. The number of aromatic nitrogens is 2. The highest BCUT2D eigenvalue weighted by molar-refractivity contribution is 7.47. The molecule has 0 aliphatic rings. The molecule has 0 bridgehead atoms. The van der Waals surface area contributed by atoms with Crippen LogP contribution in [0.2, 0.25) is 0 Å². The minimum absolute atomic E-state index is 0.00392. The van der Waals surface area contributed by atoms with Crippen molar-refractivity contribution in [1.82, 2.24) is 9.55 Å². The Labute approximate surface area is 118 Å². The molecule has 0 radical (unpaired) electrons. The van der Waals surface area contributed by atoms with Gasteiger partial charge in [0, 0.05) is 6.20 Å². The van der Waals surface area contributed by atoms with Crippen LogP contribution in [0.5, 0.6) is 0 Å². The Bertz CT molecular complexity index is 601. The van der Waals surface area contributed by atoms with E-state index >= 15 is 0 Å². The molecule has 0 aromatic carbocycles. The van der Waals surface area contributed by atoms with Crippen LogP contribution in [0.3, 0.4) is 0 Å². The van der Waals surface area contributed by atoms with E-state index in [9.17, 15) is 14.2 Å². The van der Waals surface area contributed by atoms with E-state index in [4.69, 9.17) is 20.8 Å². The second-order valence-electron chi connectivity index (χ2n) is 3.82. The minimum Gasteiger partial charge on any atom is -0.383 e. The van der Waals surface area contributed by atoms with Crippen LogP contribution in [0.25, 0.3) is 0 Å². The van der Waals surface area contributed by atoms with Crippen LogP contribution >= 0.6 is 7.82 Å². The van der Waals surface area contributed by atoms with Gasteiger partial charge in [0.15, 0.2) is 12.1 Å². The quantitative estimate of drug-likeness (QED) is 0.304. The number of aliphatic hydroxyl groups excluding tert-OH is 1. The first-order valence-electron chi connectivity index (χ1n) is 5.52. The normalized spacial score (nSPS) is 14.1. The summed E-state index contributed by atoms with van der Waals surface area (Å²) in [5.74, 6) is -0.707. The van der Waals surface area contributed by atoms with E-state index in [0.717, 1.165) is 4.57 Å². The summed E-state index contributed by atoms with van der Waals surface area (Å²) in [6.45, 7) is -2.11. The number of carbonyl (C=O) groups excluding carboxylic acids is 1. The van der Waals surface area contributed by atoms with Gasteiger partial charge < -0.3 is 20.8 Å². The molecule has 0 aliphatic heterocycles. The van der Waals surface area contributed by atoms with Crippen molar-refractivity contribution in [3.05, 3.63) is 22.7 Å². The molecule has 0 fully saturated rings. The van der Waals surface area contributed by atoms with E-state index in [-0.39, 0.29) is 5.82 Å². The summed E-state index contributed by atoms with van der Waals surface area (Å²) in [6, 6.07) is 1.30. The van der Waals surface area contributed by atoms with Crippen LogP contribution < -0.4 is 11.4 Å². The molecule has 1 rings (SSSR count). The molecule has 11 nitrogen and oxygen atoms in total. The Balaban J connectivity index is 2.50. The number of ketones is 1. The fourth-order valence-corrected chi connectivity index (χ4v) is 1.85. The molecule has 0 amide bonds. The lowest BCUT2D eigenvalue weighted by atomic mass is 10.4. The number of nitrogens with zero attached hydrogens (tertiary/aromatic N) is 2. The van der Waals surface area contributed by atoms with Gasteiger partial charge >= 0.3 is 13.5 Å². The Morgan fingerprint density at radius 3 is 2.71 bits per heavy atom. The zero-order valence-electron chi connectivity index (χ0n) is 10.7. The number of Topliss-reactive ketones (excluding diaryl/α,β-unsaturated/α-hetero) is 1. The highest BCUT2D eigenvalue weighted by atomic mass is 31.2. The lowest BCUT2D eigenvalue weighted by Gasteiger charge is -2.12. The Morgan fingerprint density at radius 1 is 1.48 bits per heavy atom. The summed E-state index contributed by atoms with van der Waals surface area (Å²) in [7, 11) is -4.59. The second-order valence-corrected chi connectivity index (χ2v) is 5.27. The molecule has 0 aliphatic carbocycles. The Morgan fingerprint density at radius 2 is 2.14 bits per heavy atom. The Kier molecular flexibility index (Phi) is 6.15. The molecule has 1 aromatic heterocycles. The van der Waals surface area contributed by atoms with Gasteiger partial charge in [0.2, 0.25) is 0 Å². The predicted molar refractivity (Wildman–Crippen MR) is 67.9 cm³/mol. The summed E-state index contributed by atoms with van der Waals surface area (Å²) in [4.78, 5) is 35.4. The first kappa shape index (κ1) is 17.4. The third kappa shape index (κ3) is 6.58. The first-order chi connectivity index (χ1) is 9.69. The van der Waals surface area contributed by atoms with Gasteiger partial charge in [-0.3, -0.25) is 18.4 Å². The van der Waals surface area contributed by atoms with Gasteiger partial charge in [0.1, 0.15) is 19.0 Å². The number of phosphoric acid groups is 1. The van der Waals surface area contributed by atoms with E-state index in [0.29, 0.717) is 0 Å². The van der Waals surface area contributed by atoms with E-state index in [1.165, 1.54) is 12.3 Å². The molecular formula is C9H14N3O8P. The van der Waals surface area contributed by atoms with Gasteiger partial charge in [-0.05, 0) is 6.07 Å². The molecule has 5 N–H and O–H groups in total. The van der Waals surface area contributed by atoms with Gasteiger partial charge in [-0.25, -0.2) is 9.36 Å². The highest BCUT2D eigenvalue weighted by Gasteiger charge is 2.23. The molecule has 12 heteroatoms. The molecule has 21 heavy (non-hydrogen) atoms. The number of anilines is 1. The van der Waals surface area contributed by atoms with Crippen LogP contribution in [-0.4, -0.2) is 49.9 Å². The number of carbonyl (C=O) groups is 1. The third-order valence-corrected chi connectivity index (χ3v) is 2.95. The maximum absolute atomic E-state index is 11.5.